The van der Waals surface area contributed by atoms with Crippen LogP contribution in [-0.2, 0) is 11.2 Å². The molecule has 188 valence electrons. The molecule has 2 saturated heterocycles. The molecule has 2 aromatic rings. The van der Waals surface area contributed by atoms with Crippen molar-refractivity contribution >= 4 is 52.1 Å². The number of halogens is 3. The Kier molecular flexibility index (Phi) is 8.07. The van der Waals surface area contributed by atoms with Crippen molar-refractivity contribution in [3.63, 3.8) is 0 Å². The molecule has 4 atom stereocenters. The molecule has 1 aromatic heterocycles. The minimum Gasteiger partial charge on any atom is -0.379 e. The van der Waals surface area contributed by atoms with E-state index >= 15 is 0 Å². The van der Waals surface area contributed by atoms with E-state index in [1.165, 1.54) is 11.1 Å². The molecule has 3 heterocycles. The number of nitrogens with one attached hydrogen (secondary N) is 1. The summed E-state index contributed by atoms with van der Waals surface area (Å²) in [4.78, 5) is 9.08. The summed E-state index contributed by atoms with van der Waals surface area (Å²) in [6.45, 7) is 2.89. The minimum absolute atomic E-state index is 0.0461. The third-order valence-electron chi connectivity index (χ3n) is 7.32. The largest absolute Gasteiger partial charge is 0.379 e. The van der Waals surface area contributed by atoms with E-state index in [2.05, 4.69) is 45.4 Å². The van der Waals surface area contributed by atoms with Crippen LogP contribution < -0.4 is 5.32 Å². The van der Waals surface area contributed by atoms with Crippen LogP contribution in [0.1, 0.15) is 54.5 Å². The first-order valence-corrected chi connectivity index (χ1v) is 13.9. The Morgan fingerprint density at radius 1 is 1.06 bits per heavy atom. The van der Waals surface area contributed by atoms with Crippen molar-refractivity contribution in [2.45, 2.75) is 60.1 Å². The van der Waals surface area contributed by atoms with Crippen LogP contribution in [0.3, 0.4) is 0 Å². The number of rotatable bonds is 5. The number of nitrogens with zero attached hydrogens (tertiary/aromatic N) is 3. The van der Waals surface area contributed by atoms with E-state index in [1.54, 1.807) is 0 Å². The molecular weight excluding hydrogens is 523 g/mol. The second kappa shape index (κ2) is 11.1. The molecule has 3 aliphatic rings. The summed E-state index contributed by atoms with van der Waals surface area (Å²) in [5.41, 5.74) is 3.71. The van der Waals surface area contributed by atoms with Gasteiger partial charge in [0.2, 0.25) is 3.79 Å². The molecule has 2 fully saturated rings. The van der Waals surface area contributed by atoms with E-state index < -0.39 is 9.96 Å². The Morgan fingerprint density at radius 2 is 1.89 bits per heavy atom. The van der Waals surface area contributed by atoms with Crippen LogP contribution in [0.2, 0.25) is 0 Å². The van der Waals surface area contributed by atoms with Crippen LogP contribution in [0.25, 0.3) is 0 Å². The summed E-state index contributed by atoms with van der Waals surface area (Å²) in [6.07, 6.45) is 6.37. The summed E-state index contributed by atoms with van der Waals surface area (Å²) < 4.78 is 4.41. The second-order valence-corrected chi connectivity index (χ2v) is 12.4. The van der Waals surface area contributed by atoms with E-state index in [1.807, 2.05) is 18.3 Å². The molecule has 5 rings (SSSR count). The van der Waals surface area contributed by atoms with Crippen LogP contribution >= 0.6 is 47.0 Å². The SMILES string of the molecule is S=C1N(C2CCCc3cccnc32)CCCN1C(NC1COCC(c2ccccc2)C1)C(Cl)(Cl)Cl. The fraction of sp³-hybridized carbons (Fsp3) is 0.538. The zero-order valence-corrected chi connectivity index (χ0v) is 22.7. The van der Waals surface area contributed by atoms with E-state index in [9.17, 15) is 0 Å². The average molecular weight is 554 g/mol. The maximum atomic E-state index is 6.58. The van der Waals surface area contributed by atoms with Gasteiger partial charge in [-0.05, 0) is 61.5 Å². The van der Waals surface area contributed by atoms with Gasteiger partial charge in [0.25, 0.3) is 0 Å². The zero-order chi connectivity index (χ0) is 24.4. The van der Waals surface area contributed by atoms with Crippen LogP contribution in [0, 0.1) is 0 Å². The number of pyridine rings is 1. The van der Waals surface area contributed by atoms with Crippen LogP contribution in [0.5, 0.6) is 0 Å². The first kappa shape index (κ1) is 25.5. The summed E-state index contributed by atoms with van der Waals surface area (Å²) in [5.74, 6) is 0.299. The average Bonchev–Trinajstić information content (AvgIpc) is 2.87. The second-order valence-electron chi connectivity index (χ2n) is 9.67. The van der Waals surface area contributed by atoms with Crippen LogP contribution in [0.4, 0.5) is 0 Å². The number of thiocarbonyl (C=S) groups is 1. The number of fused-ring (bicyclic) bond motifs is 1. The fourth-order valence-electron chi connectivity index (χ4n) is 5.67. The van der Waals surface area contributed by atoms with Gasteiger partial charge in [-0.25, -0.2) is 0 Å². The molecule has 1 N–H and O–H groups in total. The molecule has 1 aliphatic carbocycles. The van der Waals surface area contributed by atoms with Gasteiger partial charge in [0, 0.05) is 31.2 Å². The van der Waals surface area contributed by atoms with Crippen molar-refractivity contribution in [3.05, 3.63) is 65.5 Å². The molecule has 0 bridgehead atoms. The van der Waals surface area contributed by atoms with Gasteiger partial charge in [0.1, 0.15) is 6.17 Å². The maximum Gasteiger partial charge on any atom is 0.223 e. The Hall–Kier alpha value is -1.15. The number of aryl methyl sites for hydroxylation is 1. The summed E-state index contributed by atoms with van der Waals surface area (Å²) in [6, 6.07) is 14.9. The molecule has 0 saturated carbocycles. The quantitative estimate of drug-likeness (QED) is 0.383. The molecule has 35 heavy (non-hydrogen) atoms. The molecule has 5 nitrogen and oxygen atoms in total. The Bertz CT molecular complexity index is 1020. The van der Waals surface area contributed by atoms with Crippen molar-refractivity contribution in [2.75, 3.05) is 26.3 Å². The molecular formula is C26H31Cl3N4OS. The number of benzene rings is 1. The fourth-order valence-corrected chi connectivity index (χ4v) is 6.63. The highest BCUT2D eigenvalue weighted by atomic mass is 35.6. The minimum atomic E-state index is -1.56. The third-order valence-corrected chi connectivity index (χ3v) is 8.41. The van der Waals surface area contributed by atoms with Gasteiger partial charge in [-0.1, -0.05) is 71.2 Å². The molecule has 1 aromatic carbocycles. The molecule has 0 amide bonds. The van der Waals surface area contributed by atoms with Gasteiger partial charge >= 0.3 is 0 Å². The topological polar surface area (TPSA) is 40.6 Å². The van der Waals surface area contributed by atoms with Gasteiger partial charge in [0.05, 0.1) is 24.9 Å². The molecule has 2 aliphatic heterocycles. The monoisotopic (exact) mass is 552 g/mol. The highest BCUT2D eigenvalue weighted by molar-refractivity contribution is 7.80. The third kappa shape index (κ3) is 5.73. The first-order valence-electron chi connectivity index (χ1n) is 12.4. The van der Waals surface area contributed by atoms with Gasteiger partial charge in [-0.15, -0.1) is 0 Å². The van der Waals surface area contributed by atoms with Crippen molar-refractivity contribution < 1.29 is 4.74 Å². The zero-order valence-electron chi connectivity index (χ0n) is 19.6. The van der Waals surface area contributed by atoms with E-state index in [4.69, 9.17) is 56.7 Å². The van der Waals surface area contributed by atoms with Crippen LogP contribution in [-0.4, -0.2) is 62.2 Å². The lowest BCUT2D eigenvalue weighted by Crippen LogP contribution is -2.64. The Balaban J connectivity index is 1.34. The standard InChI is InChI=1S/C26H31Cl3N4OS/c27-26(28,29)24(31-21-15-20(16-34-17-21)18-7-2-1-3-8-18)33-14-6-13-32(25(33)35)22-11-4-9-19-10-5-12-30-23(19)22/h1-3,5,7-8,10,12,20-22,24,31H,4,6,9,11,13-17H2. The van der Waals surface area contributed by atoms with E-state index in [-0.39, 0.29) is 12.1 Å². The Labute approximate surface area is 228 Å². The van der Waals surface area contributed by atoms with Crippen molar-refractivity contribution in [1.29, 1.82) is 0 Å². The number of ether oxygens (including phenoxy) is 1. The van der Waals surface area contributed by atoms with Gasteiger partial charge < -0.3 is 14.5 Å². The molecule has 0 radical (unpaired) electrons. The van der Waals surface area contributed by atoms with Crippen molar-refractivity contribution in [1.82, 2.24) is 20.1 Å². The lowest BCUT2D eigenvalue weighted by atomic mass is 9.90. The summed E-state index contributed by atoms with van der Waals surface area (Å²) in [5, 5.41) is 4.34. The summed E-state index contributed by atoms with van der Waals surface area (Å²) in [7, 11) is 0. The van der Waals surface area contributed by atoms with E-state index in [0.29, 0.717) is 19.1 Å². The number of aromatic nitrogens is 1. The maximum absolute atomic E-state index is 6.58. The number of hydrogen-bond acceptors (Lipinski definition) is 4. The van der Waals surface area contributed by atoms with E-state index in [0.717, 1.165) is 56.0 Å². The molecule has 9 heteroatoms. The van der Waals surface area contributed by atoms with Gasteiger partial charge in [0.15, 0.2) is 5.11 Å². The predicted octanol–water partition coefficient (Wildman–Crippen LogP) is 5.61. The van der Waals surface area contributed by atoms with Gasteiger partial charge in [-0.2, -0.15) is 0 Å². The van der Waals surface area contributed by atoms with Crippen molar-refractivity contribution in [2.24, 2.45) is 0 Å². The Morgan fingerprint density at radius 3 is 2.69 bits per heavy atom. The first-order chi connectivity index (χ1) is 16.9. The lowest BCUT2D eigenvalue weighted by Gasteiger charge is -2.49. The van der Waals surface area contributed by atoms with Gasteiger partial charge in [-0.3, -0.25) is 10.3 Å². The normalized spacial score (nSPS) is 26.4. The smallest absolute Gasteiger partial charge is 0.223 e. The number of alkyl halides is 3. The molecule has 4 unspecified atom stereocenters. The van der Waals surface area contributed by atoms with Crippen LogP contribution in [0.15, 0.2) is 48.7 Å². The number of hydrogen-bond donors (Lipinski definition) is 1. The highest BCUT2D eigenvalue weighted by Gasteiger charge is 2.44. The summed E-state index contributed by atoms with van der Waals surface area (Å²) >= 11 is 25.8. The lowest BCUT2D eigenvalue weighted by molar-refractivity contribution is 0.0408. The predicted molar refractivity (Wildman–Crippen MR) is 146 cm³/mol. The molecule has 0 spiro atoms. The van der Waals surface area contributed by atoms with Crippen molar-refractivity contribution in [3.8, 4) is 0 Å². The highest BCUT2D eigenvalue weighted by Crippen LogP contribution is 2.39.